The summed E-state index contributed by atoms with van der Waals surface area (Å²) >= 11 is 0. The highest BCUT2D eigenvalue weighted by Crippen LogP contribution is 2.05. The quantitative estimate of drug-likeness (QED) is 0.654. The Morgan fingerprint density at radius 1 is 1.08 bits per heavy atom. The molecule has 25 heavy (non-hydrogen) atoms. The van der Waals surface area contributed by atoms with E-state index in [2.05, 4.69) is 16.0 Å². The SMILES string of the molecule is CC(CCc1ccco1)NC(=O)NCCC(=O)NCc1ccccc1. The second-order valence-corrected chi connectivity index (χ2v) is 5.93. The molecule has 0 spiro atoms. The van der Waals surface area contributed by atoms with Gasteiger partial charge in [0, 0.05) is 32.0 Å². The van der Waals surface area contributed by atoms with Gasteiger partial charge >= 0.3 is 6.03 Å². The molecule has 0 aliphatic heterocycles. The van der Waals surface area contributed by atoms with Gasteiger partial charge in [0.1, 0.15) is 5.76 Å². The predicted octanol–water partition coefficient (Wildman–Crippen LogP) is 2.61. The number of benzene rings is 1. The number of hydrogen-bond donors (Lipinski definition) is 3. The minimum Gasteiger partial charge on any atom is -0.469 e. The van der Waals surface area contributed by atoms with E-state index in [4.69, 9.17) is 4.42 Å². The summed E-state index contributed by atoms with van der Waals surface area (Å²) in [5.41, 5.74) is 1.05. The van der Waals surface area contributed by atoms with Gasteiger partial charge in [0.25, 0.3) is 0 Å². The number of amides is 3. The lowest BCUT2D eigenvalue weighted by molar-refractivity contribution is -0.121. The van der Waals surface area contributed by atoms with Crippen molar-refractivity contribution in [3.8, 4) is 0 Å². The van der Waals surface area contributed by atoms with Gasteiger partial charge in [0.05, 0.1) is 6.26 Å². The van der Waals surface area contributed by atoms with Crippen LogP contribution in [0.3, 0.4) is 0 Å². The molecule has 1 aromatic carbocycles. The first-order chi connectivity index (χ1) is 12.1. The summed E-state index contributed by atoms with van der Waals surface area (Å²) in [4.78, 5) is 23.6. The molecule has 0 saturated carbocycles. The molecule has 0 fully saturated rings. The van der Waals surface area contributed by atoms with Gasteiger partial charge in [0.2, 0.25) is 5.91 Å². The highest BCUT2D eigenvalue weighted by Gasteiger charge is 2.09. The van der Waals surface area contributed by atoms with E-state index in [0.717, 1.165) is 24.2 Å². The number of nitrogens with one attached hydrogen (secondary N) is 3. The fraction of sp³-hybridized carbons (Fsp3) is 0.368. The van der Waals surface area contributed by atoms with E-state index in [0.29, 0.717) is 13.1 Å². The van der Waals surface area contributed by atoms with Crippen LogP contribution in [0.15, 0.2) is 53.1 Å². The van der Waals surface area contributed by atoms with Crippen LogP contribution in [0, 0.1) is 0 Å². The van der Waals surface area contributed by atoms with Crippen LogP contribution in [0.2, 0.25) is 0 Å². The summed E-state index contributed by atoms with van der Waals surface area (Å²) in [7, 11) is 0. The van der Waals surface area contributed by atoms with Crippen LogP contribution in [-0.4, -0.2) is 24.5 Å². The number of carbonyl (C=O) groups excluding carboxylic acids is 2. The molecule has 0 aliphatic rings. The molecule has 1 atom stereocenters. The van der Waals surface area contributed by atoms with Crippen molar-refractivity contribution in [3.05, 3.63) is 60.1 Å². The Labute approximate surface area is 148 Å². The molecule has 3 amide bonds. The van der Waals surface area contributed by atoms with E-state index in [1.807, 2.05) is 49.4 Å². The fourth-order valence-electron chi connectivity index (χ4n) is 2.34. The maximum absolute atomic E-state index is 11.8. The number of aryl methyl sites for hydroxylation is 1. The Hall–Kier alpha value is -2.76. The first-order valence-corrected chi connectivity index (χ1v) is 8.51. The second-order valence-electron chi connectivity index (χ2n) is 5.93. The van der Waals surface area contributed by atoms with Crippen molar-refractivity contribution in [2.24, 2.45) is 0 Å². The van der Waals surface area contributed by atoms with Gasteiger partial charge < -0.3 is 20.4 Å². The Bertz CT molecular complexity index is 641. The average molecular weight is 343 g/mol. The minimum absolute atomic E-state index is 0.0250. The topological polar surface area (TPSA) is 83.4 Å². The number of furan rings is 1. The van der Waals surface area contributed by atoms with Crippen molar-refractivity contribution in [2.45, 2.75) is 38.8 Å². The molecular weight excluding hydrogens is 318 g/mol. The third-order valence-electron chi connectivity index (χ3n) is 3.75. The second kappa shape index (κ2) is 10.2. The monoisotopic (exact) mass is 343 g/mol. The van der Waals surface area contributed by atoms with Crippen molar-refractivity contribution in [3.63, 3.8) is 0 Å². The molecule has 1 heterocycles. The summed E-state index contributed by atoms with van der Waals surface area (Å²) < 4.78 is 5.26. The molecule has 0 radical (unpaired) electrons. The summed E-state index contributed by atoms with van der Waals surface area (Å²) in [5.74, 6) is 0.819. The van der Waals surface area contributed by atoms with Gasteiger partial charge in [-0.05, 0) is 31.0 Å². The highest BCUT2D eigenvalue weighted by atomic mass is 16.3. The van der Waals surface area contributed by atoms with E-state index in [-0.39, 0.29) is 24.4 Å². The molecule has 2 aromatic rings. The van der Waals surface area contributed by atoms with Crippen LogP contribution < -0.4 is 16.0 Å². The van der Waals surface area contributed by atoms with Crippen LogP contribution >= 0.6 is 0 Å². The Morgan fingerprint density at radius 3 is 2.60 bits per heavy atom. The van der Waals surface area contributed by atoms with E-state index < -0.39 is 0 Å². The molecule has 1 unspecified atom stereocenters. The van der Waals surface area contributed by atoms with Crippen molar-refractivity contribution in [1.82, 2.24) is 16.0 Å². The first kappa shape index (κ1) is 18.6. The van der Waals surface area contributed by atoms with Crippen LogP contribution in [0.25, 0.3) is 0 Å². The molecule has 6 heteroatoms. The minimum atomic E-state index is -0.261. The maximum atomic E-state index is 11.8. The smallest absolute Gasteiger partial charge is 0.315 e. The third kappa shape index (κ3) is 7.56. The first-order valence-electron chi connectivity index (χ1n) is 8.51. The number of urea groups is 1. The van der Waals surface area contributed by atoms with Crippen LogP contribution in [0.5, 0.6) is 0 Å². The molecule has 0 bridgehead atoms. The van der Waals surface area contributed by atoms with Crippen molar-refractivity contribution in [2.75, 3.05) is 6.54 Å². The molecule has 3 N–H and O–H groups in total. The summed E-state index contributed by atoms with van der Waals surface area (Å²) in [5, 5.41) is 8.38. The number of carbonyl (C=O) groups is 2. The van der Waals surface area contributed by atoms with E-state index >= 15 is 0 Å². The van der Waals surface area contributed by atoms with Gasteiger partial charge in [-0.25, -0.2) is 4.79 Å². The lowest BCUT2D eigenvalue weighted by atomic mass is 10.1. The van der Waals surface area contributed by atoms with Gasteiger partial charge in [-0.2, -0.15) is 0 Å². The van der Waals surface area contributed by atoms with Crippen LogP contribution in [-0.2, 0) is 17.8 Å². The summed E-state index contributed by atoms with van der Waals surface area (Å²) in [6, 6.07) is 13.2. The highest BCUT2D eigenvalue weighted by molar-refractivity contribution is 5.78. The Balaban J connectivity index is 1.54. The largest absolute Gasteiger partial charge is 0.469 e. The van der Waals surface area contributed by atoms with Crippen LogP contribution in [0.1, 0.15) is 31.1 Å². The normalized spacial score (nSPS) is 11.6. The Kier molecular flexibility index (Phi) is 7.56. The third-order valence-corrected chi connectivity index (χ3v) is 3.75. The number of hydrogen-bond acceptors (Lipinski definition) is 3. The molecule has 0 saturated heterocycles. The van der Waals surface area contributed by atoms with Gasteiger partial charge in [-0.3, -0.25) is 4.79 Å². The maximum Gasteiger partial charge on any atom is 0.315 e. The van der Waals surface area contributed by atoms with E-state index in [1.54, 1.807) is 6.26 Å². The van der Waals surface area contributed by atoms with Crippen molar-refractivity contribution < 1.29 is 14.0 Å². The molecule has 134 valence electrons. The Morgan fingerprint density at radius 2 is 1.88 bits per heavy atom. The summed E-state index contributed by atoms with van der Waals surface area (Å²) in [6.07, 6.45) is 3.46. The predicted molar refractivity (Wildman–Crippen MR) is 95.9 cm³/mol. The molecule has 0 aliphatic carbocycles. The fourth-order valence-corrected chi connectivity index (χ4v) is 2.34. The van der Waals surface area contributed by atoms with E-state index in [9.17, 15) is 9.59 Å². The van der Waals surface area contributed by atoms with Gasteiger partial charge in [0.15, 0.2) is 0 Å². The van der Waals surface area contributed by atoms with Gasteiger partial charge in [-0.15, -0.1) is 0 Å². The molecule has 6 nitrogen and oxygen atoms in total. The lowest BCUT2D eigenvalue weighted by Gasteiger charge is -2.14. The molecule has 1 aromatic heterocycles. The van der Waals surface area contributed by atoms with Crippen molar-refractivity contribution >= 4 is 11.9 Å². The lowest BCUT2D eigenvalue weighted by Crippen LogP contribution is -2.42. The molecule has 2 rings (SSSR count). The van der Waals surface area contributed by atoms with E-state index in [1.165, 1.54) is 0 Å². The zero-order valence-corrected chi connectivity index (χ0v) is 14.5. The standard InChI is InChI=1S/C19H25N3O3/c1-15(9-10-17-8-5-13-25-17)22-19(24)20-12-11-18(23)21-14-16-6-3-2-4-7-16/h2-8,13,15H,9-12,14H2,1H3,(H,21,23)(H2,20,22,24). The zero-order chi connectivity index (χ0) is 17.9. The number of rotatable bonds is 9. The average Bonchev–Trinajstić information content (AvgIpc) is 3.12. The summed E-state index contributed by atoms with van der Waals surface area (Å²) in [6.45, 7) is 2.74. The van der Waals surface area contributed by atoms with Gasteiger partial charge in [-0.1, -0.05) is 30.3 Å². The van der Waals surface area contributed by atoms with Crippen LogP contribution in [0.4, 0.5) is 4.79 Å². The van der Waals surface area contributed by atoms with Crippen molar-refractivity contribution in [1.29, 1.82) is 0 Å². The molecular formula is C19H25N3O3. The zero-order valence-electron chi connectivity index (χ0n) is 14.5.